The first-order chi connectivity index (χ1) is 10.5. The molecule has 2 aromatic rings. The number of anilines is 1. The molecule has 118 valence electrons. The van der Waals surface area contributed by atoms with Crippen molar-refractivity contribution in [1.82, 2.24) is 9.78 Å². The van der Waals surface area contributed by atoms with Crippen molar-refractivity contribution < 1.29 is 4.79 Å². The number of aryl methyl sites for hydroxylation is 2. The molecule has 1 amide bonds. The minimum atomic E-state index is -0.482. The monoisotopic (exact) mass is 318 g/mol. The van der Waals surface area contributed by atoms with Crippen LogP contribution in [0.4, 0.5) is 5.69 Å². The van der Waals surface area contributed by atoms with Gasteiger partial charge in [0, 0.05) is 11.4 Å². The fraction of sp³-hybridized carbons (Fsp3) is 0.375. The Bertz CT molecular complexity index is 653. The summed E-state index contributed by atoms with van der Waals surface area (Å²) in [5, 5.41) is 7.33. The molecule has 0 saturated carbocycles. The van der Waals surface area contributed by atoms with Crippen molar-refractivity contribution in [2.24, 2.45) is 5.73 Å². The summed E-state index contributed by atoms with van der Waals surface area (Å²) in [4.78, 5) is 12.1. The van der Waals surface area contributed by atoms with Crippen LogP contribution in [-0.2, 0) is 4.79 Å². The molecule has 0 unspecified atom stereocenters. The molecule has 6 heteroatoms. The molecule has 0 fully saturated rings. The number of amides is 1. The third-order valence-electron chi connectivity index (χ3n) is 3.34. The van der Waals surface area contributed by atoms with Crippen LogP contribution in [0.2, 0.25) is 0 Å². The summed E-state index contributed by atoms with van der Waals surface area (Å²) in [6.45, 7) is 3.96. The van der Waals surface area contributed by atoms with E-state index in [-0.39, 0.29) is 5.91 Å². The van der Waals surface area contributed by atoms with E-state index in [1.165, 1.54) is 0 Å². The second kappa shape index (κ2) is 7.47. The Hall–Kier alpha value is -1.79. The van der Waals surface area contributed by atoms with Gasteiger partial charge in [0.1, 0.15) is 0 Å². The zero-order valence-corrected chi connectivity index (χ0v) is 14.0. The number of hydrogen-bond donors (Lipinski definition) is 2. The third-order valence-corrected chi connectivity index (χ3v) is 3.98. The van der Waals surface area contributed by atoms with Crippen LogP contribution < -0.4 is 11.1 Å². The van der Waals surface area contributed by atoms with E-state index in [1.807, 2.05) is 55.1 Å². The zero-order chi connectivity index (χ0) is 16.1. The lowest BCUT2D eigenvalue weighted by Gasteiger charge is -2.13. The van der Waals surface area contributed by atoms with Crippen molar-refractivity contribution in [1.29, 1.82) is 0 Å². The molecule has 1 aromatic carbocycles. The summed E-state index contributed by atoms with van der Waals surface area (Å²) in [6.07, 6.45) is 2.67. The summed E-state index contributed by atoms with van der Waals surface area (Å²) in [6, 6.07) is 9.15. The van der Waals surface area contributed by atoms with Crippen LogP contribution >= 0.6 is 11.8 Å². The summed E-state index contributed by atoms with van der Waals surface area (Å²) in [5.74, 6) is 0.722. The first-order valence-electron chi connectivity index (χ1n) is 7.20. The number of benzene rings is 1. The van der Waals surface area contributed by atoms with Gasteiger partial charge in [-0.25, -0.2) is 4.68 Å². The third kappa shape index (κ3) is 4.11. The van der Waals surface area contributed by atoms with E-state index in [4.69, 9.17) is 5.73 Å². The van der Waals surface area contributed by atoms with Crippen LogP contribution in [0.25, 0.3) is 5.69 Å². The zero-order valence-electron chi connectivity index (χ0n) is 13.2. The van der Waals surface area contributed by atoms with E-state index >= 15 is 0 Å². The molecule has 2 rings (SSSR count). The number of nitrogens with zero attached hydrogens (tertiary/aromatic N) is 2. The lowest BCUT2D eigenvalue weighted by atomic mass is 10.2. The van der Waals surface area contributed by atoms with Crippen LogP contribution in [-0.4, -0.2) is 33.7 Å². The number of thioether (sulfide) groups is 1. The Balaban J connectivity index is 2.12. The number of nitrogens with one attached hydrogen (secondary N) is 1. The fourth-order valence-electron chi connectivity index (χ4n) is 2.22. The normalized spacial score (nSPS) is 12.2. The van der Waals surface area contributed by atoms with Crippen LogP contribution in [0.5, 0.6) is 0 Å². The maximum atomic E-state index is 12.1. The molecule has 3 N–H and O–H groups in total. The molecule has 0 saturated heterocycles. The number of aromatic nitrogens is 2. The van der Waals surface area contributed by atoms with Crippen molar-refractivity contribution in [2.45, 2.75) is 26.3 Å². The molecule has 0 aliphatic heterocycles. The number of rotatable bonds is 6. The molecular weight excluding hydrogens is 296 g/mol. The van der Waals surface area contributed by atoms with Crippen LogP contribution in [0.15, 0.2) is 30.3 Å². The molecule has 1 aromatic heterocycles. The van der Waals surface area contributed by atoms with E-state index in [2.05, 4.69) is 10.4 Å². The van der Waals surface area contributed by atoms with E-state index in [1.54, 1.807) is 11.8 Å². The standard InChI is InChI=1S/C16H22N4OS/c1-11-9-12(2)20(19-11)14-6-4-5-13(10-14)18-16(21)15(17)7-8-22-3/h4-6,9-10,15H,7-8,17H2,1-3H3,(H,18,21)/t15-/m0/s1. The average molecular weight is 318 g/mol. The molecule has 0 spiro atoms. The van der Waals surface area contributed by atoms with E-state index in [0.29, 0.717) is 6.42 Å². The van der Waals surface area contributed by atoms with Crippen LogP contribution in [0, 0.1) is 13.8 Å². The Kier molecular flexibility index (Phi) is 5.63. The quantitative estimate of drug-likeness (QED) is 0.858. The van der Waals surface area contributed by atoms with E-state index < -0.39 is 6.04 Å². The Morgan fingerprint density at radius 1 is 1.41 bits per heavy atom. The highest BCUT2D eigenvalue weighted by atomic mass is 32.2. The number of carbonyl (C=O) groups is 1. The first-order valence-corrected chi connectivity index (χ1v) is 8.59. The van der Waals surface area contributed by atoms with Crippen molar-refractivity contribution in [3.05, 3.63) is 41.7 Å². The van der Waals surface area contributed by atoms with Gasteiger partial charge in [0.25, 0.3) is 0 Å². The summed E-state index contributed by atoms with van der Waals surface area (Å²) < 4.78 is 1.86. The largest absolute Gasteiger partial charge is 0.325 e. The van der Waals surface area contributed by atoms with Gasteiger partial charge in [-0.15, -0.1) is 0 Å². The van der Waals surface area contributed by atoms with Gasteiger partial charge in [-0.3, -0.25) is 4.79 Å². The molecular formula is C16H22N4OS. The van der Waals surface area contributed by atoms with Crippen molar-refractivity contribution >= 4 is 23.4 Å². The lowest BCUT2D eigenvalue weighted by Crippen LogP contribution is -2.36. The Labute approximate surface area is 135 Å². The summed E-state index contributed by atoms with van der Waals surface area (Å²) >= 11 is 1.69. The van der Waals surface area contributed by atoms with Crippen molar-refractivity contribution in [2.75, 3.05) is 17.3 Å². The second-order valence-electron chi connectivity index (χ2n) is 5.27. The van der Waals surface area contributed by atoms with Gasteiger partial charge in [0.05, 0.1) is 17.4 Å². The molecule has 0 aliphatic rings. The highest BCUT2D eigenvalue weighted by Gasteiger charge is 2.13. The van der Waals surface area contributed by atoms with Gasteiger partial charge < -0.3 is 11.1 Å². The molecule has 0 bridgehead atoms. The van der Waals surface area contributed by atoms with Crippen molar-refractivity contribution in [3.63, 3.8) is 0 Å². The van der Waals surface area contributed by atoms with E-state index in [0.717, 1.165) is 28.5 Å². The van der Waals surface area contributed by atoms with Gasteiger partial charge in [0.2, 0.25) is 5.91 Å². The molecule has 1 atom stereocenters. The highest BCUT2D eigenvalue weighted by Crippen LogP contribution is 2.17. The number of carbonyl (C=O) groups excluding carboxylic acids is 1. The molecule has 0 aliphatic carbocycles. The summed E-state index contributed by atoms with van der Waals surface area (Å²) in [7, 11) is 0. The predicted octanol–water partition coefficient (Wildman–Crippen LogP) is 2.51. The van der Waals surface area contributed by atoms with Crippen LogP contribution in [0.1, 0.15) is 17.8 Å². The van der Waals surface area contributed by atoms with Gasteiger partial charge in [-0.05, 0) is 56.5 Å². The fourth-order valence-corrected chi connectivity index (χ4v) is 2.71. The first kappa shape index (κ1) is 16.6. The van der Waals surface area contributed by atoms with Crippen LogP contribution in [0.3, 0.4) is 0 Å². The molecule has 5 nitrogen and oxygen atoms in total. The SMILES string of the molecule is CSCC[C@H](N)C(=O)Nc1cccc(-n2nc(C)cc2C)c1. The maximum absolute atomic E-state index is 12.1. The maximum Gasteiger partial charge on any atom is 0.241 e. The minimum Gasteiger partial charge on any atom is -0.325 e. The number of nitrogens with two attached hydrogens (primary N) is 1. The van der Waals surface area contributed by atoms with Gasteiger partial charge in [0.15, 0.2) is 0 Å². The van der Waals surface area contributed by atoms with Gasteiger partial charge in [-0.2, -0.15) is 16.9 Å². The summed E-state index contributed by atoms with van der Waals surface area (Å²) in [5.41, 5.74) is 9.55. The highest BCUT2D eigenvalue weighted by molar-refractivity contribution is 7.98. The minimum absolute atomic E-state index is 0.153. The molecule has 0 radical (unpaired) electrons. The average Bonchev–Trinajstić information content (AvgIpc) is 2.83. The Morgan fingerprint density at radius 3 is 2.82 bits per heavy atom. The second-order valence-corrected chi connectivity index (χ2v) is 6.25. The lowest BCUT2D eigenvalue weighted by molar-refractivity contribution is -0.117. The van der Waals surface area contributed by atoms with Gasteiger partial charge in [-0.1, -0.05) is 6.07 Å². The topological polar surface area (TPSA) is 72.9 Å². The predicted molar refractivity (Wildman–Crippen MR) is 92.6 cm³/mol. The van der Waals surface area contributed by atoms with E-state index in [9.17, 15) is 4.79 Å². The smallest absolute Gasteiger partial charge is 0.241 e. The van der Waals surface area contributed by atoms with Gasteiger partial charge >= 0.3 is 0 Å². The Morgan fingerprint density at radius 2 is 2.18 bits per heavy atom. The van der Waals surface area contributed by atoms with Crippen molar-refractivity contribution in [3.8, 4) is 5.69 Å². The molecule has 22 heavy (non-hydrogen) atoms. The number of hydrogen-bond acceptors (Lipinski definition) is 4. The molecule has 1 heterocycles.